The van der Waals surface area contributed by atoms with Crippen LogP contribution in [-0.2, 0) is 19.1 Å². The molecule has 0 fully saturated rings. The zero-order valence-electron chi connectivity index (χ0n) is 15.1. The van der Waals surface area contributed by atoms with Crippen molar-refractivity contribution in [3.8, 4) is 0 Å². The van der Waals surface area contributed by atoms with Crippen molar-refractivity contribution in [3.63, 3.8) is 0 Å². The van der Waals surface area contributed by atoms with Gasteiger partial charge in [0.05, 0.1) is 12.5 Å². The molecule has 0 aliphatic rings. The number of carbonyl (C=O) groups excluding carboxylic acids is 3. The Balaban J connectivity index is 1.95. The molecule has 0 saturated carbocycles. The lowest BCUT2D eigenvalue weighted by molar-refractivity contribution is -0.153. The highest BCUT2D eigenvalue weighted by Crippen LogP contribution is 2.18. The van der Waals surface area contributed by atoms with Gasteiger partial charge in [-0.25, -0.2) is 0 Å². The van der Waals surface area contributed by atoms with Gasteiger partial charge in [-0.2, -0.15) is 0 Å². The number of anilines is 1. The van der Waals surface area contributed by atoms with Crippen LogP contribution in [0.25, 0.3) is 0 Å². The fourth-order valence-corrected chi connectivity index (χ4v) is 2.65. The molecule has 0 heterocycles. The van der Waals surface area contributed by atoms with Crippen molar-refractivity contribution in [1.29, 1.82) is 0 Å². The molecule has 0 aromatic heterocycles. The van der Waals surface area contributed by atoms with Gasteiger partial charge in [-0.1, -0.05) is 48.0 Å². The zero-order valence-corrected chi connectivity index (χ0v) is 15.8. The Morgan fingerprint density at radius 1 is 1.07 bits per heavy atom. The van der Waals surface area contributed by atoms with Gasteiger partial charge in [-0.05, 0) is 30.7 Å². The number of benzene rings is 2. The van der Waals surface area contributed by atoms with E-state index in [2.05, 4.69) is 10.6 Å². The quantitative estimate of drug-likeness (QED) is 0.711. The minimum Gasteiger partial charge on any atom is -0.452 e. The van der Waals surface area contributed by atoms with Crippen LogP contribution in [0.1, 0.15) is 31.9 Å². The van der Waals surface area contributed by atoms with Gasteiger partial charge in [-0.3, -0.25) is 14.4 Å². The summed E-state index contributed by atoms with van der Waals surface area (Å²) in [7, 11) is 0. The largest absolute Gasteiger partial charge is 0.452 e. The van der Waals surface area contributed by atoms with Crippen molar-refractivity contribution in [1.82, 2.24) is 5.32 Å². The van der Waals surface area contributed by atoms with Crippen molar-refractivity contribution >= 4 is 35.1 Å². The van der Waals surface area contributed by atoms with Crippen LogP contribution >= 0.6 is 11.6 Å². The first-order chi connectivity index (χ1) is 12.8. The average Bonchev–Trinajstić information content (AvgIpc) is 2.61. The first-order valence-corrected chi connectivity index (χ1v) is 8.81. The Morgan fingerprint density at radius 2 is 1.78 bits per heavy atom. The highest BCUT2D eigenvalue weighted by Gasteiger charge is 2.22. The Hall–Kier alpha value is -2.86. The molecule has 142 valence electrons. The molecule has 2 aromatic rings. The summed E-state index contributed by atoms with van der Waals surface area (Å²) in [5.41, 5.74) is 1.29. The lowest BCUT2D eigenvalue weighted by Gasteiger charge is -2.19. The Labute approximate surface area is 162 Å². The number of ether oxygens (including phenoxy) is 1. The van der Waals surface area contributed by atoms with Crippen LogP contribution in [0.15, 0.2) is 54.6 Å². The Kier molecular flexibility index (Phi) is 7.37. The van der Waals surface area contributed by atoms with E-state index in [0.29, 0.717) is 10.7 Å². The monoisotopic (exact) mass is 388 g/mol. The van der Waals surface area contributed by atoms with Crippen LogP contribution in [0.3, 0.4) is 0 Å². The smallest absolute Gasteiger partial charge is 0.309 e. The number of amides is 2. The van der Waals surface area contributed by atoms with E-state index in [9.17, 15) is 14.4 Å². The van der Waals surface area contributed by atoms with E-state index >= 15 is 0 Å². The van der Waals surface area contributed by atoms with E-state index in [4.69, 9.17) is 16.3 Å². The maximum absolute atomic E-state index is 12.3. The highest BCUT2D eigenvalue weighted by molar-refractivity contribution is 6.30. The summed E-state index contributed by atoms with van der Waals surface area (Å²) in [5, 5.41) is 5.84. The Bertz CT molecular complexity index is 811. The summed E-state index contributed by atoms with van der Waals surface area (Å²) in [6.07, 6.45) is -1.08. The molecule has 0 aliphatic carbocycles. The molecule has 27 heavy (non-hydrogen) atoms. The molecular formula is C20H21ClN2O4. The van der Waals surface area contributed by atoms with Gasteiger partial charge in [0, 0.05) is 17.6 Å². The van der Waals surface area contributed by atoms with E-state index in [-0.39, 0.29) is 12.3 Å². The van der Waals surface area contributed by atoms with Crippen molar-refractivity contribution in [2.45, 2.75) is 32.4 Å². The summed E-state index contributed by atoms with van der Waals surface area (Å²) in [5.74, 6) is -1.32. The molecule has 0 bridgehead atoms. The number of esters is 1. The molecule has 0 spiro atoms. The van der Waals surface area contributed by atoms with Gasteiger partial charge in [0.2, 0.25) is 5.91 Å². The topological polar surface area (TPSA) is 84.5 Å². The first kappa shape index (κ1) is 20.5. The summed E-state index contributed by atoms with van der Waals surface area (Å²) in [6.45, 7) is 2.86. The van der Waals surface area contributed by atoms with E-state index in [1.165, 1.54) is 13.8 Å². The number of nitrogens with one attached hydrogen (secondary N) is 2. The van der Waals surface area contributed by atoms with E-state index in [0.717, 1.165) is 5.56 Å². The molecule has 0 radical (unpaired) electrons. The second kappa shape index (κ2) is 9.73. The maximum atomic E-state index is 12.3. The van der Waals surface area contributed by atoms with Gasteiger partial charge >= 0.3 is 5.97 Å². The number of carbonyl (C=O) groups is 3. The van der Waals surface area contributed by atoms with Crippen LogP contribution in [-0.4, -0.2) is 23.9 Å². The van der Waals surface area contributed by atoms with Crippen molar-refractivity contribution in [3.05, 3.63) is 65.2 Å². The third-order valence-electron chi connectivity index (χ3n) is 3.72. The fraction of sp³-hybridized carbons (Fsp3) is 0.250. The molecule has 0 saturated heterocycles. The predicted molar refractivity (Wildman–Crippen MR) is 103 cm³/mol. The summed E-state index contributed by atoms with van der Waals surface area (Å²) < 4.78 is 5.21. The molecule has 2 aromatic carbocycles. The molecule has 7 heteroatoms. The second-order valence-corrected chi connectivity index (χ2v) is 6.44. The molecule has 6 nitrogen and oxygen atoms in total. The SMILES string of the molecule is CC(=O)N[C@@H](CC(=O)O[C@H](C)C(=O)Nc1cccc(Cl)c1)c1ccccc1. The van der Waals surface area contributed by atoms with Gasteiger partial charge in [0.25, 0.3) is 5.91 Å². The lowest BCUT2D eigenvalue weighted by atomic mass is 10.0. The molecule has 2 atom stereocenters. The summed E-state index contributed by atoms with van der Waals surface area (Å²) in [6, 6.07) is 15.2. The van der Waals surface area contributed by atoms with E-state index < -0.39 is 24.0 Å². The minimum atomic E-state index is -0.995. The molecular weight excluding hydrogens is 368 g/mol. The molecule has 0 unspecified atom stereocenters. The standard InChI is InChI=1S/C20H21ClN2O4/c1-13(20(26)23-17-10-6-9-16(21)11-17)27-19(25)12-18(22-14(2)24)15-7-4-3-5-8-15/h3-11,13,18H,12H2,1-2H3,(H,22,24)(H,23,26)/t13-,18+/m1/s1. The van der Waals surface area contributed by atoms with Crippen molar-refractivity contribution in [2.75, 3.05) is 5.32 Å². The van der Waals surface area contributed by atoms with Gasteiger partial charge in [0.1, 0.15) is 0 Å². The van der Waals surface area contributed by atoms with Crippen LogP contribution in [0.5, 0.6) is 0 Å². The summed E-state index contributed by atoms with van der Waals surface area (Å²) >= 11 is 5.88. The molecule has 2 amide bonds. The van der Waals surface area contributed by atoms with E-state index in [1.54, 1.807) is 24.3 Å². The van der Waals surface area contributed by atoms with Crippen molar-refractivity contribution < 1.29 is 19.1 Å². The molecule has 2 N–H and O–H groups in total. The number of hydrogen-bond donors (Lipinski definition) is 2. The van der Waals surface area contributed by atoms with Crippen LogP contribution in [0.4, 0.5) is 5.69 Å². The molecule has 2 rings (SSSR count). The maximum Gasteiger partial charge on any atom is 0.309 e. The van der Waals surface area contributed by atoms with Crippen molar-refractivity contribution in [2.24, 2.45) is 0 Å². The number of rotatable bonds is 7. The van der Waals surface area contributed by atoms with Crippen LogP contribution in [0.2, 0.25) is 5.02 Å². The minimum absolute atomic E-state index is 0.0849. The van der Waals surface area contributed by atoms with Crippen LogP contribution in [0, 0.1) is 0 Å². The first-order valence-electron chi connectivity index (χ1n) is 8.43. The highest BCUT2D eigenvalue weighted by atomic mass is 35.5. The van der Waals surface area contributed by atoms with Gasteiger partial charge in [0.15, 0.2) is 6.10 Å². The predicted octanol–water partition coefficient (Wildman–Crippen LogP) is 3.48. The van der Waals surface area contributed by atoms with Crippen LogP contribution < -0.4 is 10.6 Å². The van der Waals surface area contributed by atoms with Gasteiger partial charge < -0.3 is 15.4 Å². The van der Waals surface area contributed by atoms with E-state index in [1.807, 2.05) is 30.3 Å². The normalized spacial score (nSPS) is 12.6. The Morgan fingerprint density at radius 3 is 2.41 bits per heavy atom. The second-order valence-electron chi connectivity index (χ2n) is 6.00. The third kappa shape index (κ3) is 6.75. The molecule has 0 aliphatic heterocycles. The third-order valence-corrected chi connectivity index (χ3v) is 3.95. The lowest BCUT2D eigenvalue weighted by Crippen LogP contribution is -2.33. The fourth-order valence-electron chi connectivity index (χ4n) is 2.46. The number of hydrogen-bond acceptors (Lipinski definition) is 4. The van der Waals surface area contributed by atoms with Gasteiger partial charge in [-0.15, -0.1) is 0 Å². The summed E-state index contributed by atoms with van der Waals surface area (Å²) in [4.78, 5) is 35.9. The number of halogens is 1. The zero-order chi connectivity index (χ0) is 19.8. The average molecular weight is 389 g/mol.